The third-order valence-electron chi connectivity index (χ3n) is 8.81. The number of thioether (sulfide) groups is 1. The molecular weight excluding hydrogens is 460 g/mol. The molecule has 0 radical (unpaired) electrons. The lowest BCUT2D eigenvalue weighted by Gasteiger charge is -2.50. The van der Waals surface area contributed by atoms with Crippen molar-refractivity contribution in [3.63, 3.8) is 0 Å². The summed E-state index contributed by atoms with van der Waals surface area (Å²) in [6.45, 7) is 14.2. The maximum absolute atomic E-state index is 4.98. The molecular formula is C31H44N4S. The minimum Gasteiger partial charge on any atom is -0.306 e. The second-order valence-electron chi connectivity index (χ2n) is 11.4. The summed E-state index contributed by atoms with van der Waals surface area (Å²) in [5.74, 6) is 0.645. The molecule has 3 atom stereocenters. The van der Waals surface area contributed by atoms with Gasteiger partial charge in [-0.1, -0.05) is 25.1 Å². The van der Waals surface area contributed by atoms with Crippen molar-refractivity contribution in [1.29, 1.82) is 0 Å². The lowest BCUT2D eigenvalue weighted by molar-refractivity contribution is -0.000184. The minimum absolute atomic E-state index is 0.645. The van der Waals surface area contributed by atoms with Gasteiger partial charge in [0.25, 0.3) is 0 Å². The molecule has 2 aromatic heterocycles. The van der Waals surface area contributed by atoms with Crippen LogP contribution in [0.1, 0.15) is 76.8 Å². The van der Waals surface area contributed by atoms with Gasteiger partial charge in [-0.05, 0) is 108 Å². The topological polar surface area (TPSA) is 23.8 Å². The third kappa shape index (κ3) is 5.12. The molecule has 4 heterocycles. The standard InChI is InChI=1S/C31H44N4S/c1-7-27-18-28(17-23(5)35(27)21(2)3)33-14-12-24(13-15-33)26-16-22(4)31-32-30(20-34(31)19-26)25-8-10-29(36-6)11-9-25/h8-11,16,19-21,23-24,27-28H,7,12-15,17-18H2,1-6H3. The van der Waals surface area contributed by atoms with Gasteiger partial charge in [-0.3, -0.25) is 4.90 Å². The Labute approximate surface area is 222 Å². The molecule has 1 aromatic carbocycles. The van der Waals surface area contributed by atoms with Crippen molar-refractivity contribution in [2.24, 2.45) is 0 Å². The number of likely N-dealkylation sites (tertiary alicyclic amines) is 2. The number of piperidine rings is 2. The molecule has 5 heteroatoms. The van der Waals surface area contributed by atoms with Gasteiger partial charge in [0.1, 0.15) is 5.65 Å². The SMILES string of the molecule is CCC1CC(N2CCC(c3cc(C)c4nc(-c5ccc(SC)cc5)cn4c3)CC2)CC(C)N1C(C)C. The molecule has 0 aliphatic carbocycles. The zero-order chi connectivity index (χ0) is 25.4. The van der Waals surface area contributed by atoms with E-state index < -0.39 is 0 Å². The average Bonchev–Trinajstić information content (AvgIpc) is 3.33. The molecule has 2 saturated heterocycles. The molecule has 0 saturated carbocycles. The molecule has 0 amide bonds. The van der Waals surface area contributed by atoms with Gasteiger partial charge in [0, 0.05) is 47.0 Å². The van der Waals surface area contributed by atoms with Crippen molar-refractivity contribution < 1.29 is 0 Å². The van der Waals surface area contributed by atoms with Crippen molar-refractivity contribution in [1.82, 2.24) is 19.2 Å². The van der Waals surface area contributed by atoms with Gasteiger partial charge in [-0.15, -0.1) is 11.8 Å². The molecule has 4 nitrogen and oxygen atoms in total. The number of hydrogen-bond acceptors (Lipinski definition) is 4. The Kier molecular flexibility index (Phi) is 7.81. The molecule has 194 valence electrons. The number of aromatic nitrogens is 2. The first-order valence-corrected chi connectivity index (χ1v) is 15.3. The Bertz CT molecular complexity index is 1160. The first kappa shape index (κ1) is 25.8. The highest BCUT2D eigenvalue weighted by molar-refractivity contribution is 7.98. The Morgan fingerprint density at radius 3 is 2.42 bits per heavy atom. The molecule has 2 aliphatic rings. The fraction of sp³-hybridized carbons (Fsp3) is 0.581. The summed E-state index contributed by atoms with van der Waals surface area (Å²) in [4.78, 5) is 11.9. The van der Waals surface area contributed by atoms with E-state index in [1.165, 1.54) is 66.8 Å². The van der Waals surface area contributed by atoms with E-state index >= 15 is 0 Å². The summed E-state index contributed by atoms with van der Waals surface area (Å²) in [7, 11) is 0. The minimum atomic E-state index is 0.645. The monoisotopic (exact) mass is 504 g/mol. The normalized spacial score (nSPS) is 24.7. The van der Waals surface area contributed by atoms with Crippen LogP contribution in [0.4, 0.5) is 0 Å². The van der Waals surface area contributed by atoms with Crippen molar-refractivity contribution in [3.05, 3.63) is 53.9 Å². The number of aryl methyl sites for hydroxylation is 1. The first-order chi connectivity index (χ1) is 17.4. The van der Waals surface area contributed by atoms with E-state index in [9.17, 15) is 0 Å². The van der Waals surface area contributed by atoms with Gasteiger partial charge in [-0.2, -0.15) is 0 Å². The predicted octanol–water partition coefficient (Wildman–Crippen LogP) is 7.25. The fourth-order valence-corrected chi connectivity index (χ4v) is 7.44. The van der Waals surface area contributed by atoms with Gasteiger partial charge in [0.05, 0.1) is 5.69 Å². The van der Waals surface area contributed by atoms with Crippen LogP contribution in [0.15, 0.2) is 47.6 Å². The van der Waals surface area contributed by atoms with Crippen molar-refractivity contribution in [3.8, 4) is 11.3 Å². The lowest BCUT2D eigenvalue weighted by atomic mass is 9.85. The quantitative estimate of drug-likeness (QED) is 0.330. The number of nitrogens with zero attached hydrogens (tertiary/aromatic N) is 4. The third-order valence-corrected chi connectivity index (χ3v) is 9.56. The molecule has 5 rings (SSSR count). The van der Waals surface area contributed by atoms with E-state index in [2.05, 4.69) is 97.8 Å². The number of hydrogen-bond donors (Lipinski definition) is 0. The zero-order valence-electron chi connectivity index (χ0n) is 23.1. The van der Waals surface area contributed by atoms with Crippen LogP contribution in [-0.2, 0) is 0 Å². The Morgan fingerprint density at radius 1 is 1.06 bits per heavy atom. The van der Waals surface area contributed by atoms with E-state index in [0.29, 0.717) is 18.0 Å². The molecule has 0 spiro atoms. The van der Waals surface area contributed by atoms with E-state index in [-0.39, 0.29) is 0 Å². The summed E-state index contributed by atoms with van der Waals surface area (Å²) >= 11 is 1.78. The lowest BCUT2D eigenvalue weighted by Crippen LogP contribution is -2.56. The molecule has 2 fully saturated rings. The number of pyridine rings is 1. The molecule has 0 bridgehead atoms. The van der Waals surface area contributed by atoms with Gasteiger partial charge in [-0.25, -0.2) is 4.98 Å². The largest absolute Gasteiger partial charge is 0.306 e. The Hall–Kier alpha value is -1.82. The molecule has 3 unspecified atom stereocenters. The van der Waals surface area contributed by atoms with Crippen molar-refractivity contribution in [2.45, 2.75) is 102 Å². The molecule has 36 heavy (non-hydrogen) atoms. The fourth-order valence-electron chi connectivity index (χ4n) is 7.03. The number of imidazole rings is 1. The van der Waals surface area contributed by atoms with Crippen molar-refractivity contribution >= 4 is 17.4 Å². The highest BCUT2D eigenvalue weighted by atomic mass is 32.2. The van der Waals surface area contributed by atoms with Crippen LogP contribution in [0.25, 0.3) is 16.9 Å². The second kappa shape index (κ2) is 10.9. The summed E-state index contributed by atoms with van der Waals surface area (Å²) in [5.41, 5.74) is 6.09. The van der Waals surface area contributed by atoms with Crippen LogP contribution >= 0.6 is 11.8 Å². The summed E-state index contributed by atoms with van der Waals surface area (Å²) in [5, 5.41) is 0. The van der Waals surface area contributed by atoms with Gasteiger partial charge in [0.15, 0.2) is 0 Å². The molecule has 3 aromatic rings. The number of rotatable bonds is 6. The van der Waals surface area contributed by atoms with E-state index in [1.807, 2.05) is 0 Å². The zero-order valence-corrected chi connectivity index (χ0v) is 23.9. The number of fused-ring (bicyclic) bond motifs is 1. The smallest absolute Gasteiger partial charge is 0.140 e. The summed E-state index contributed by atoms with van der Waals surface area (Å²) < 4.78 is 2.27. The average molecular weight is 505 g/mol. The maximum Gasteiger partial charge on any atom is 0.140 e. The van der Waals surface area contributed by atoms with Gasteiger partial charge >= 0.3 is 0 Å². The van der Waals surface area contributed by atoms with Crippen LogP contribution in [-0.4, -0.2) is 62.7 Å². The second-order valence-corrected chi connectivity index (χ2v) is 12.3. The molecule has 2 aliphatic heterocycles. The highest BCUT2D eigenvalue weighted by Gasteiger charge is 2.37. The maximum atomic E-state index is 4.98. The van der Waals surface area contributed by atoms with Crippen LogP contribution in [0.3, 0.4) is 0 Å². The van der Waals surface area contributed by atoms with Gasteiger partial charge in [0.2, 0.25) is 0 Å². The van der Waals surface area contributed by atoms with E-state index in [0.717, 1.165) is 23.4 Å². The summed E-state index contributed by atoms with van der Waals surface area (Å²) in [6, 6.07) is 14.0. The van der Waals surface area contributed by atoms with Gasteiger partial charge < -0.3 is 9.30 Å². The van der Waals surface area contributed by atoms with E-state index in [4.69, 9.17) is 4.98 Å². The van der Waals surface area contributed by atoms with Crippen LogP contribution in [0.5, 0.6) is 0 Å². The van der Waals surface area contributed by atoms with Crippen molar-refractivity contribution in [2.75, 3.05) is 19.3 Å². The first-order valence-electron chi connectivity index (χ1n) is 14.0. The number of benzene rings is 1. The molecule has 0 N–H and O–H groups in total. The van der Waals surface area contributed by atoms with Crippen LogP contribution < -0.4 is 0 Å². The highest BCUT2D eigenvalue weighted by Crippen LogP contribution is 2.35. The van der Waals surface area contributed by atoms with Crippen LogP contribution in [0.2, 0.25) is 0 Å². The van der Waals surface area contributed by atoms with Crippen LogP contribution in [0, 0.1) is 6.92 Å². The van der Waals surface area contributed by atoms with E-state index in [1.54, 1.807) is 11.8 Å². The Morgan fingerprint density at radius 2 is 1.78 bits per heavy atom. The predicted molar refractivity (Wildman–Crippen MR) is 154 cm³/mol. The summed E-state index contributed by atoms with van der Waals surface area (Å²) in [6.07, 6.45) is 13.1. The Balaban J connectivity index is 1.28.